The van der Waals surface area contributed by atoms with Crippen LogP contribution in [-0.4, -0.2) is 37.8 Å². The van der Waals surface area contributed by atoms with Crippen LogP contribution in [0, 0.1) is 11.3 Å². The zero-order valence-electron chi connectivity index (χ0n) is 18.9. The number of carbonyl (C=O) groups is 3. The van der Waals surface area contributed by atoms with Crippen molar-refractivity contribution in [3.63, 3.8) is 0 Å². The number of hydrogen-bond acceptors (Lipinski definition) is 8. The van der Waals surface area contributed by atoms with E-state index in [1.54, 1.807) is 48.5 Å². The number of benzene rings is 2. The van der Waals surface area contributed by atoms with Gasteiger partial charge in [-0.2, -0.15) is 5.26 Å². The van der Waals surface area contributed by atoms with Crippen molar-refractivity contribution in [3.8, 4) is 6.07 Å². The number of nitrogens with zero attached hydrogens (tertiary/aromatic N) is 2. The maximum atomic E-state index is 13.2. The van der Waals surface area contributed by atoms with Gasteiger partial charge in [0.05, 0.1) is 43.0 Å². The summed E-state index contributed by atoms with van der Waals surface area (Å²) in [6, 6.07) is 15.5. The molecule has 2 aromatic rings. The second-order valence-electron chi connectivity index (χ2n) is 7.36. The first-order valence-electron chi connectivity index (χ1n) is 10.3. The SMILES string of the molecule is COC(=O)C1=C(C(=O)OC)N(c2cc(Br)ccc2C(=O)CCCl)C(N)=C(C#N)C1c1ccccc1. The predicted octanol–water partition coefficient (Wildman–Crippen LogP) is 4.16. The summed E-state index contributed by atoms with van der Waals surface area (Å²) in [5.74, 6) is -3.13. The van der Waals surface area contributed by atoms with E-state index in [0.29, 0.717) is 10.0 Å². The molecule has 0 aromatic heterocycles. The molecule has 3 rings (SSSR count). The molecule has 2 N–H and O–H groups in total. The number of rotatable bonds is 7. The Kier molecular flexibility index (Phi) is 8.33. The van der Waals surface area contributed by atoms with E-state index in [-0.39, 0.29) is 52.0 Å². The van der Waals surface area contributed by atoms with Crippen LogP contribution in [0.1, 0.15) is 28.3 Å². The fourth-order valence-corrected chi connectivity index (χ4v) is 4.43. The Hall–Kier alpha value is -3.61. The highest BCUT2D eigenvalue weighted by Gasteiger charge is 2.43. The van der Waals surface area contributed by atoms with Gasteiger partial charge in [0.1, 0.15) is 11.5 Å². The van der Waals surface area contributed by atoms with Crippen LogP contribution >= 0.6 is 27.5 Å². The Morgan fingerprint density at radius 3 is 2.34 bits per heavy atom. The molecular formula is C25H21BrClN3O5. The average Bonchev–Trinajstić information content (AvgIpc) is 2.87. The lowest BCUT2D eigenvalue weighted by Gasteiger charge is -2.36. The molecule has 0 saturated carbocycles. The minimum Gasteiger partial charge on any atom is -0.466 e. The number of ketones is 1. The van der Waals surface area contributed by atoms with Crippen LogP contribution < -0.4 is 10.6 Å². The normalized spacial score (nSPS) is 15.5. The number of methoxy groups -OCH3 is 2. The highest BCUT2D eigenvalue weighted by Crippen LogP contribution is 2.44. The van der Waals surface area contributed by atoms with Gasteiger partial charge in [-0.15, -0.1) is 11.6 Å². The number of allylic oxidation sites excluding steroid dienone is 1. The van der Waals surface area contributed by atoms with Gasteiger partial charge in [-0.25, -0.2) is 9.59 Å². The fraction of sp³-hybridized carbons (Fsp3) is 0.200. The van der Waals surface area contributed by atoms with Crippen molar-refractivity contribution in [3.05, 3.63) is 86.8 Å². The molecule has 2 aromatic carbocycles. The summed E-state index contributed by atoms with van der Waals surface area (Å²) in [7, 11) is 2.32. The lowest BCUT2D eigenvalue weighted by Crippen LogP contribution is -2.41. The third-order valence-electron chi connectivity index (χ3n) is 5.43. The van der Waals surface area contributed by atoms with E-state index in [9.17, 15) is 19.6 Å². The van der Waals surface area contributed by atoms with Crippen LogP contribution in [-0.2, 0) is 19.1 Å². The number of hydrogen-bond donors (Lipinski definition) is 1. The molecule has 8 nitrogen and oxygen atoms in total. The van der Waals surface area contributed by atoms with E-state index in [1.165, 1.54) is 12.0 Å². The van der Waals surface area contributed by atoms with Gasteiger partial charge in [-0.1, -0.05) is 46.3 Å². The minimum atomic E-state index is -1.01. The molecule has 35 heavy (non-hydrogen) atoms. The van der Waals surface area contributed by atoms with E-state index in [4.69, 9.17) is 26.8 Å². The van der Waals surface area contributed by atoms with Crippen molar-refractivity contribution in [2.75, 3.05) is 25.0 Å². The van der Waals surface area contributed by atoms with Gasteiger partial charge < -0.3 is 15.2 Å². The average molecular weight is 559 g/mol. The molecule has 0 aliphatic carbocycles. The van der Waals surface area contributed by atoms with Gasteiger partial charge in [0.2, 0.25) is 0 Å². The molecule has 1 unspecified atom stereocenters. The van der Waals surface area contributed by atoms with Crippen LogP contribution in [0.5, 0.6) is 0 Å². The lowest BCUT2D eigenvalue weighted by atomic mass is 9.80. The molecular weight excluding hydrogens is 538 g/mol. The first kappa shape index (κ1) is 26.0. The van der Waals surface area contributed by atoms with Gasteiger partial charge in [-0.3, -0.25) is 9.69 Å². The van der Waals surface area contributed by atoms with Gasteiger partial charge in [-0.05, 0) is 23.8 Å². The second-order valence-corrected chi connectivity index (χ2v) is 8.65. The number of alkyl halides is 1. The number of esters is 2. The molecule has 0 spiro atoms. The van der Waals surface area contributed by atoms with Crippen molar-refractivity contribution in [1.29, 1.82) is 5.26 Å². The molecule has 0 radical (unpaired) electrons. The maximum Gasteiger partial charge on any atom is 0.355 e. The third kappa shape index (κ3) is 4.94. The second kappa shape index (κ2) is 11.2. The van der Waals surface area contributed by atoms with Crippen molar-refractivity contribution in [2.45, 2.75) is 12.3 Å². The predicted molar refractivity (Wildman–Crippen MR) is 133 cm³/mol. The standard InChI is InChI=1S/C25H21BrClN3O5/c1-34-24(32)21-20(14-6-4-3-5-7-14)17(13-28)23(29)30(22(21)25(33)35-2)18-12-15(26)8-9-16(18)19(31)10-11-27/h3-9,12,20H,10-11,29H2,1-2H3. The van der Waals surface area contributed by atoms with Crippen molar-refractivity contribution in [2.24, 2.45) is 5.73 Å². The number of Topliss-reactive ketones (excluding diaryl/α,β-unsaturated/α-hetero) is 1. The molecule has 1 aliphatic rings. The Morgan fingerprint density at radius 1 is 1.11 bits per heavy atom. The van der Waals surface area contributed by atoms with E-state index < -0.39 is 17.9 Å². The van der Waals surface area contributed by atoms with E-state index >= 15 is 0 Å². The Bertz CT molecular complexity index is 1280. The highest BCUT2D eigenvalue weighted by atomic mass is 79.9. The van der Waals surface area contributed by atoms with Gasteiger partial charge in [0.25, 0.3) is 0 Å². The van der Waals surface area contributed by atoms with Crippen LogP contribution in [0.15, 0.2) is 75.7 Å². The minimum absolute atomic E-state index is 0.0000269. The van der Waals surface area contributed by atoms with E-state index in [2.05, 4.69) is 22.0 Å². The summed E-state index contributed by atoms with van der Waals surface area (Å²) >= 11 is 9.17. The zero-order valence-corrected chi connectivity index (χ0v) is 21.2. The number of ether oxygens (including phenoxy) is 2. The molecule has 1 heterocycles. The monoisotopic (exact) mass is 557 g/mol. The molecule has 0 amide bonds. The fourth-order valence-electron chi connectivity index (χ4n) is 3.91. The Balaban J connectivity index is 2.46. The first-order valence-corrected chi connectivity index (χ1v) is 11.7. The summed E-state index contributed by atoms with van der Waals surface area (Å²) < 4.78 is 10.6. The number of halogens is 2. The van der Waals surface area contributed by atoms with E-state index in [0.717, 1.165) is 7.11 Å². The number of nitriles is 1. The van der Waals surface area contributed by atoms with Crippen molar-refractivity contribution < 1.29 is 23.9 Å². The molecule has 10 heteroatoms. The van der Waals surface area contributed by atoms with E-state index in [1.807, 2.05) is 0 Å². The van der Waals surface area contributed by atoms with Gasteiger partial charge in [0.15, 0.2) is 5.78 Å². The lowest BCUT2D eigenvalue weighted by molar-refractivity contribution is -0.139. The Morgan fingerprint density at radius 2 is 1.77 bits per heavy atom. The van der Waals surface area contributed by atoms with Crippen LogP contribution in [0.25, 0.3) is 0 Å². The van der Waals surface area contributed by atoms with Crippen molar-refractivity contribution >= 4 is 50.9 Å². The number of carbonyl (C=O) groups excluding carboxylic acids is 3. The topological polar surface area (TPSA) is 123 Å². The largest absolute Gasteiger partial charge is 0.466 e. The quantitative estimate of drug-likeness (QED) is 0.305. The molecule has 0 saturated heterocycles. The number of anilines is 1. The molecule has 180 valence electrons. The molecule has 0 bridgehead atoms. The summed E-state index contributed by atoms with van der Waals surface area (Å²) in [6.07, 6.45) is 0.0204. The highest BCUT2D eigenvalue weighted by molar-refractivity contribution is 9.10. The van der Waals surface area contributed by atoms with Crippen LogP contribution in [0.2, 0.25) is 0 Å². The summed E-state index contributed by atoms with van der Waals surface area (Å²) in [6.45, 7) is 0. The summed E-state index contributed by atoms with van der Waals surface area (Å²) in [5, 5.41) is 10.1. The molecule has 1 aliphatic heterocycles. The zero-order chi connectivity index (χ0) is 25.7. The third-order valence-corrected chi connectivity index (χ3v) is 6.12. The summed E-state index contributed by atoms with van der Waals surface area (Å²) in [5.41, 5.74) is 7.01. The Labute approximate surface area is 215 Å². The summed E-state index contributed by atoms with van der Waals surface area (Å²) in [4.78, 5) is 40.4. The van der Waals surface area contributed by atoms with Crippen LogP contribution in [0.3, 0.4) is 0 Å². The van der Waals surface area contributed by atoms with Gasteiger partial charge >= 0.3 is 11.9 Å². The maximum absolute atomic E-state index is 13.2. The molecule has 1 atom stereocenters. The van der Waals surface area contributed by atoms with Crippen LogP contribution in [0.4, 0.5) is 5.69 Å². The smallest absolute Gasteiger partial charge is 0.355 e. The first-order chi connectivity index (χ1) is 16.8. The van der Waals surface area contributed by atoms with Gasteiger partial charge in [0, 0.05) is 22.3 Å². The van der Waals surface area contributed by atoms with Crippen molar-refractivity contribution in [1.82, 2.24) is 0 Å². The molecule has 0 fully saturated rings. The number of nitrogens with two attached hydrogens (primary N) is 1.